The molecule has 1 amide bonds. The lowest BCUT2D eigenvalue weighted by molar-refractivity contribution is 0.0728. The van der Waals surface area contributed by atoms with Crippen molar-refractivity contribution in [2.75, 3.05) is 13.1 Å². The minimum atomic E-state index is -0.753. The summed E-state index contributed by atoms with van der Waals surface area (Å²) in [6, 6.07) is 23.3. The van der Waals surface area contributed by atoms with Crippen LogP contribution in [0.4, 0.5) is 9.18 Å². The first-order chi connectivity index (χ1) is 16.0. The normalized spacial score (nSPS) is 18.0. The molecule has 1 aliphatic rings. The first-order valence-electron chi connectivity index (χ1n) is 10.8. The second-order valence-electron chi connectivity index (χ2n) is 8.21. The van der Waals surface area contributed by atoms with Gasteiger partial charge in [-0.25, -0.2) is 9.18 Å². The fourth-order valence-electron chi connectivity index (χ4n) is 4.07. The van der Waals surface area contributed by atoms with E-state index < -0.39 is 18.0 Å². The predicted molar refractivity (Wildman–Crippen MR) is 125 cm³/mol. The number of benzene rings is 3. The molecule has 0 radical (unpaired) electrons. The van der Waals surface area contributed by atoms with E-state index >= 15 is 0 Å². The van der Waals surface area contributed by atoms with Crippen molar-refractivity contribution in [2.45, 2.75) is 31.8 Å². The highest BCUT2D eigenvalue weighted by Gasteiger charge is 2.38. The van der Waals surface area contributed by atoms with Crippen LogP contribution in [-0.4, -0.2) is 46.2 Å². The number of carbonyl (C=O) groups excluding carboxylic acids is 1. The number of carbonyl (C=O) groups is 1. The second-order valence-corrected chi connectivity index (χ2v) is 8.61. The van der Waals surface area contributed by atoms with E-state index in [1.165, 1.54) is 17.0 Å². The lowest BCUT2D eigenvalue weighted by atomic mass is 10.1. The molecule has 5 nitrogen and oxygen atoms in total. The standard InChI is InChI=1S/C26H26ClFN2O3/c27-23-13-22(28)12-11-21(23)15-29(14-19-7-3-1-4-8-19)24-16-30(17-25(24)31)26(32)33-18-20-9-5-2-6-10-20/h1-13,24-25,31H,14-18H2/t24-,25-/m1/s1. The Kier molecular flexibility index (Phi) is 7.60. The molecule has 7 heteroatoms. The van der Waals surface area contributed by atoms with Crippen LogP contribution < -0.4 is 0 Å². The van der Waals surface area contributed by atoms with E-state index in [4.69, 9.17) is 16.3 Å². The third-order valence-corrected chi connectivity index (χ3v) is 6.16. The van der Waals surface area contributed by atoms with E-state index in [1.54, 1.807) is 6.07 Å². The van der Waals surface area contributed by atoms with E-state index in [0.717, 1.165) is 16.7 Å². The molecular weight excluding hydrogens is 443 g/mol. The highest BCUT2D eigenvalue weighted by Crippen LogP contribution is 2.25. The number of hydrogen-bond donors (Lipinski definition) is 1. The summed E-state index contributed by atoms with van der Waals surface area (Å²) in [5.74, 6) is -0.397. The fourth-order valence-corrected chi connectivity index (χ4v) is 4.29. The molecule has 33 heavy (non-hydrogen) atoms. The van der Waals surface area contributed by atoms with Crippen LogP contribution in [0.1, 0.15) is 16.7 Å². The Morgan fingerprint density at radius 2 is 1.67 bits per heavy atom. The number of hydrogen-bond acceptors (Lipinski definition) is 4. The smallest absolute Gasteiger partial charge is 0.410 e. The van der Waals surface area contributed by atoms with Crippen LogP contribution >= 0.6 is 11.6 Å². The molecule has 0 spiro atoms. The zero-order valence-corrected chi connectivity index (χ0v) is 18.9. The Labute approximate surface area is 198 Å². The molecule has 1 saturated heterocycles. The van der Waals surface area contributed by atoms with Gasteiger partial charge in [0, 0.05) is 24.7 Å². The summed E-state index contributed by atoms with van der Waals surface area (Å²) >= 11 is 6.28. The maximum Gasteiger partial charge on any atom is 0.410 e. The summed E-state index contributed by atoms with van der Waals surface area (Å²) in [4.78, 5) is 16.3. The van der Waals surface area contributed by atoms with Gasteiger partial charge in [0.25, 0.3) is 0 Å². The largest absolute Gasteiger partial charge is 0.445 e. The van der Waals surface area contributed by atoms with Crippen LogP contribution in [0.5, 0.6) is 0 Å². The van der Waals surface area contributed by atoms with Crippen LogP contribution in [0.25, 0.3) is 0 Å². The maximum absolute atomic E-state index is 13.5. The Hall–Kier alpha value is -2.93. The molecule has 3 aromatic rings. The molecule has 0 unspecified atom stereocenters. The molecule has 0 aromatic heterocycles. The predicted octanol–water partition coefficient (Wildman–Crippen LogP) is 4.86. The molecule has 0 bridgehead atoms. The maximum atomic E-state index is 13.5. The van der Waals surface area contributed by atoms with Gasteiger partial charge in [-0.05, 0) is 28.8 Å². The van der Waals surface area contributed by atoms with Crippen LogP contribution in [0.2, 0.25) is 5.02 Å². The van der Waals surface area contributed by atoms with Crippen molar-refractivity contribution in [3.05, 3.63) is 106 Å². The zero-order chi connectivity index (χ0) is 23.2. The SMILES string of the molecule is O=C(OCc1ccccc1)N1C[C@@H](O)[C@H](N(Cc2ccccc2)Cc2ccc(F)cc2Cl)C1. The van der Waals surface area contributed by atoms with Crippen molar-refractivity contribution in [3.8, 4) is 0 Å². The lowest BCUT2D eigenvalue weighted by Crippen LogP contribution is -2.42. The highest BCUT2D eigenvalue weighted by atomic mass is 35.5. The molecule has 1 fully saturated rings. The topological polar surface area (TPSA) is 53.0 Å². The third-order valence-electron chi connectivity index (χ3n) is 5.81. The first kappa shape index (κ1) is 23.2. The van der Waals surface area contributed by atoms with Gasteiger partial charge in [-0.1, -0.05) is 78.3 Å². The summed E-state index contributed by atoms with van der Waals surface area (Å²) in [7, 11) is 0. The van der Waals surface area contributed by atoms with Gasteiger partial charge in [0.05, 0.1) is 18.7 Å². The van der Waals surface area contributed by atoms with Crippen molar-refractivity contribution in [2.24, 2.45) is 0 Å². The number of aliphatic hydroxyl groups is 1. The summed E-state index contributed by atoms with van der Waals surface area (Å²) < 4.78 is 19.0. The number of nitrogens with zero attached hydrogens (tertiary/aromatic N) is 2. The van der Waals surface area contributed by atoms with Crippen LogP contribution in [0.15, 0.2) is 78.9 Å². The number of likely N-dealkylation sites (tertiary alicyclic amines) is 1. The Morgan fingerprint density at radius 3 is 2.33 bits per heavy atom. The number of β-amino-alcohol motifs (C(OH)–C–C–N with tert-alkyl or cyclic N) is 1. The van der Waals surface area contributed by atoms with Gasteiger partial charge in [-0.2, -0.15) is 0 Å². The van der Waals surface area contributed by atoms with Gasteiger partial charge in [0.1, 0.15) is 12.4 Å². The number of amides is 1. The monoisotopic (exact) mass is 468 g/mol. The van der Waals surface area contributed by atoms with E-state index in [0.29, 0.717) is 24.7 Å². The average Bonchev–Trinajstić information content (AvgIpc) is 3.21. The lowest BCUT2D eigenvalue weighted by Gasteiger charge is -2.31. The van der Waals surface area contributed by atoms with Crippen LogP contribution in [0.3, 0.4) is 0 Å². The van der Waals surface area contributed by atoms with Gasteiger partial charge < -0.3 is 14.7 Å². The average molecular weight is 469 g/mol. The molecule has 2 atom stereocenters. The van der Waals surface area contributed by atoms with Crippen molar-refractivity contribution in [1.29, 1.82) is 0 Å². The molecule has 1 N–H and O–H groups in total. The zero-order valence-electron chi connectivity index (χ0n) is 18.1. The quantitative estimate of drug-likeness (QED) is 0.538. The van der Waals surface area contributed by atoms with Crippen LogP contribution in [0, 0.1) is 5.82 Å². The van der Waals surface area contributed by atoms with Gasteiger partial charge >= 0.3 is 6.09 Å². The van der Waals surface area contributed by atoms with Gasteiger partial charge in [-0.3, -0.25) is 4.90 Å². The fraction of sp³-hybridized carbons (Fsp3) is 0.269. The summed E-state index contributed by atoms with van der Waals surface area (Å²) in [6.45, 7) is 1.63. The Bertz CT molecular complexity index is 1070. The Morgan fingerprint density at radius 1 is 1.00 bits per heavy atom. The summed E-state index contributed by atoms with van der Waals surface area (Å²) in [5, 5.41) is 11.2. The van der Waals surface area contributed by atoms with Crippen molar-refractivity contribution < 1.29 is 19.0 Å². The van der Waals surface area contributed by atoms with E-state index in [9.17, 15) is 14.3 Å². The first-order valence-corrected chi connectivity index (χ1v) is 11.2. The van der Waals surface area contributed by atoms with E-state index in [-0.39, 0.29) is 19.2 Å². The molecule has 1 heterocycles. The second kappa shape index (κ2) is 10.8. The Balaban J connectivity index is 1.47. The minimum absolute atomic E-state index is 0.176. The molecule has 3 aromatic carbocycles. The number of aliphatic hydroxyl groups excluding tert-OH is 1. The van der Waals surface area contributed by atoms with Crippen LogP contribution in [-0.2, 0) is 24.4 Å². The summed E-state index contributed by atoms with van der Waals surface area (Å²) in [6.07, 6.45) is -1.21. The molecule has 1 aliphatic heterocycles. The number of halogens is 2. The number of ether oxygens (including phenoxy) is 1. The van der Waals surface area contributed by atoms with Gasteiger partial charge in [0.2, 0.25) is 0 Å². The van der Waals surface area contributed by atoms with Crippen molar-refractivity contribution >= 4 is 17.7 Å². The molecule has 0 aliphatic carbocycles. The van der Waals surface area contributed by atoms with E-state index in [1.807, 2.05) is 60.7 Å². The summed E-state index contributed by atoms with van der Waals surface area (Å²) in [5.41, 5.74) is 2.72. The molecule has 0 saturated carbocycles. The minimum Gasteiger partial charge on any atom is -0.445 e. The molecule has 172 valence electrons. The highest BCUT2D eigenvalue weighted by molar-refractivity contribution is 6.31. The van der Waals surface area contributed by atoms with Gasteiger partial charge in [-0.15, -0.1) is 0 Å². The third kappa shape index (κ3) is 6.11. The van der Waals surface area contributed by atoms with E-state index in [2.05, 4.69) is 4.90 Å². The molecule has 4 rings (SSSR count). The van der Waals surface area contributed by atoms with Crippen molar-refractivity contribution in [3.63, 3.8) is 0 Å². The molecular formula is C26H26ClFN2O3. The number of rotatable bonds is 7. The van der Waals surface area contributed by atoms with Gasteiger partial charge in [0.15, 0.2) is 0 Å². The van der Waals surface area contributed by atoms with Crippen molar-refractivity contribution in [1.82, 2.24) is 9.80 Å².